The van der Waals surface area contributed by atoms with Gasteiger partial charge in [0.15, 0.2) is 0 Å². The predicted molar refractivity (Wildman–Crippen MR) is 67.4 cm³/mol. The second-order valence-electron chi connectivity index (χ2n) is 3.76. The minimum absolute atomic E-state index is 0.0157. The number of carbonyl (C=O) groups is 1. The van der Waals surface area contributed by atoms with E-state index in [2.05, 4.69) is 0 Å². The minimum Gasteiger partial charge on any atom is -0.457 e. The number of amides is 1. The van der Waals surface area contributed by atoms with Gasteiger partial charge in [-0.05, 0) is 29.8 Å². The summed E-state index contributed by atoms with van der Waals surface area (Å²) in [6.45, 7) is -0.0157. The molecule has 2 aromatic carbocycles. The van der Waals surface area contributed by atoms with Gasteiger partial charge in [0, 0.05) is 0 Å². The third-order valence-electron chi connectivity index (χ3n) is 2.49. The Morgan fingerprint density at radius 3 is 2.39 bits per heavy atom. The number of ether oxygens (including phenoxy) is 1. The summed E-state index contributed by atoms with van der Waals surface area (Å²) in [4.78, 5) is 11.2. The predicted octanol–water partition coefficient (Wildman–Crippen LogP) is 2.07. The van der Waals surface area contributed by atoms with Crippen LogP contribution in [0.4, 0.5) is 0 Å². The monoisotopic (exact) mass is 243 g/mol. The van der Waals surface area contributed by atoms with Gasteiger partial charge in [-0.25, -0.2) is 0 Å². The normalized spacial score (nSPS) is 10.1. The summed E-state index contributed by atoms with van der Waals surface area (Å²) >= 11 is 0. The summed E-state index contributed by atoms with van der Waals surface area (Å²) < 4.78 is 5.59. The van der Waals surface area contributed by atoms with Crippen LogP contribution in [0.25, 0.3) is 0 Å². The molecule has 0 aliphatic heterocycles. The third-order valence-corrected chi connectivity index (χ3v) is 2.49. The topological polar surface area (TPSA) is 72.6 Å². The van der Waals surface area contributed by atoms with Crippen LogP contribution in [0.2, 0.25) is 0 Å². The van der Waals surface area contributed by atoms with Crippen molar-refractivity contribution in [2.24, 2.45) is 5.73 Å². The Kier molecular flexibility index (Phi) is 3.60. The molecule has 1 amide bonds. The Hall–Kier alpha value is -2.33. The van der Waals surface area contributed by atoms with E-state index in [9.17, 15) is 4.79 Å². The Labute approximate surface area is 105 Å². The van der Waals surface area contributed by atoms with E-state index in [0.717, 1.165) is 5.56 Å². The number of para-hydroxylation sites is 1. The summed E-state index contributed by atoms with van der Waals surface area (Å²) in [6.07, 6.45) is 0. The number of carbonyl (C=O) groups excluding carboxylic acids is 1. The maximum atomic E-state index is 11.2. The maximum absolute atomic E-state index is 11.2. The lowest BCUT2D eigenvalue weighted by Gasteiger charge is -2.09. The van der Waals surface area contributed by atoms with Crippen LogP contribution in [-0.2, 0) is 6.61 Å². The molecule has 4 nitrogen and oxygen atoms in total. The van der Waals surface area contributed by atoms with Gasteiger partial charge in [-0.1, -0.05) is 24.3 Å². The first-order chi connectivity index (χ1) is 8.70. The molecule has 0 spiro atoms. The summed E-state index contributed by atoms with van der Waals surface area (Å²) in [5, 5.41) is 8.93. The van der Waals surface area contributed by atoms with Gasteiger partial charge in [0.2, 0.25) is 0 Å². The second-order valence-corrected chi connectivity index (χ2v) is 3.76. The third kappa shape index (κ3) is 2.67. The molecule has 0 fully saturated rings. The van der Waals surface area contributed by atoms with Crippen molar-refractivity contribution in [2.45, 2.75) is 6.61 Å². The molecule has 0 aromatic heterocycles. The Bertz CT molecular complexity index is 549. The van der Waals surface area contributed by atoms with Crippen molar-refractivity contribution in [1.29, 1.82) is 0 Å². The first kappa shape index (κ1) is 12.1. The van der Waals surface area contributed by atoms with E-state index in [1.807, 2.05) is 0 Å². The minimum atomic E-state index is -0.530. The quantitative estimate of drug-likeness (QED) is 0.863. The fraction of sp³-hybridized carbons (Fsp3) is 0.0714. The maximum Gasteiger partial charge on any atom is 0.252 e. The molecule has 0 saturated heterocycles. The molecule has 0 heterocycles. The number of hydrogen-bond donors (Lipinski definition) is 2. The Morgan fingerprint density at radius 2 is 1.78 bits per heavy atom. The van der Waals surface area contributed by atoms with Crippen LogP contribution in [0.15, 0.2) is 48.5 Å². The van der Waals surface area contributed by atoms with E-state index in [4.69, 9.17) is 15.6 Å². The zero-order valence-corrected chi connectivity index (χ0v) is 9.67. The van der Waals surface area contributed by atoms with E-state index < -0.39 is 5.91 Å². The van der Waals surface area contributed by atoms with Crippen molar-refractivity contribution in [1.82, 2.24) is 0 Å². The van der Waals surface area contributed by atoms with Crippen LogP contribution in [0, 0.1) is 0 Å². The number of benzene rings is 2. The van der Waals surface area contributed by atoms with E-state index >= 15 is 0 Å². The van der Waals surface area contributed by atoms with Crippen LogP contribution >= 0.6 is 0 Å². The summed E-state index contributed by atoms with van der Waals surface area (Å²) in [7, 11) is 0. The fourth-order valence-electron chi connectivity index (χ4n) is 1.55. The highest BCUT2D eigenvalue weighted by Gasteiger charge is 2.08. The smallest absolute Gasteiger partial charge is 0.252 e. The molecule has 3 N–H and O–H groups in total. The number of hydrogen-bond acceptors (Lipinski definition) is 3. The van der Waals surface area contributed by atoms with Crippen molar-refractivity contribution in [3.8, 4) is 11.5 Å². The molecule has 0 saturated carbocycles. The summed E-state index contributed by atoms with van der Waals surface area (Å²) in [6, 6.07) is 13.7. The van der Waals surface area contributed by atoms with Crippen molar-refractivity contribution >= 4 is 5.91 Å². The van der Waals surface area contributed by atoms with E-state index in [1.54, 1.807) is 48.5 Å². The number of primary amides is 1. The van der Waals surface area contributed by atoms with Crippen molar-refractivity contribution in [3.05, 3.63) is 59.7 Å². The van der Waals surface area contributed by atoms with Crippen LogP contribution in [-0.4, -0.2) is 11.0 Å². The van der Waals surface area contributed by atoms with Crippen molar-refractivity contribution in [3.63, 3.8) is 0 Å². The zero-order chi connectivity index (χ0) is 13.0. The fourth-order valence-corrected chi connectivity index (χ4v) is 1.55. The average Bonchev–Trinajstić information content (AvgIpc) is 2.40. The standard InChI is InChI=1S/C14H13NO3/c15-14(17)12-3-1-2-4-13(12)18-11-7-5-10(9-16)6-8-11/h1-8,16H,9H2,(H2,15,17). The van der Waals surface area contributed by atoms with E-state index in [1.165, 1.54) is 0 Å². The van der Waals surface area contributed by atoms with E-state index in [-0.39, 0.29) is 6.61 Å². The van der Waals surface area contributed by atoms with Crippen molar-refractivity contribution < 1.29 is 14.6 Å². The second kappa shape index (κ2) is 5.33. The van der Waals surface area contributed by atoms with Gasteiger partial charge in [-0.3, -0.25) is 4.79 Å². The van der Waals surface area contributed by atoms with Gasteiger partial charge < -0.3 is 15.6 Å². The molecule has 92 valence electrons. The number of aliphatic hydroxyl groups excluding tert-OH is 1. The number of rotatable bonds is 4. The van der Waals surface area contributed by atoms with Gasteiger partial charge in [-0.2, -0.15) is 0 Å². The van der Waals surface area contributed by atoms with Gasteiger partial charge in [0.25, 0.3) is 5.91 Å². The lowest BCUT2D eigenvalue weighted by atomic mass is 10.2. The van der Waals surface area contributed by atoms with Crippen LogP contribution in [0.1, 0.15) is 15.9 Å². The molecule has 0 radical (unpaired) electrons. The molecule has 0 aliphatic carbocycles. The van der Waals surface area contributed by atoms with Crippen LogP contribution in [0.3, 0.4) is 0 Å². The number of nitrogens with two attached hydrogens (primary N) is 1. The lowest BCUT2D eigenvalue weighted by Crippen LogP contribution is -2.11. The molecular formula is C14H13NO3. The highest BCUT2D eigenvalue weighted by Crippen LogP contribution is 2.25. The first-order valence-corrected chi connectivity index (χ1v) is 5.47. The molecule has 18 heavy (non-hydrogen) atoms. The Balaban J connectivity index is 2.25. The molecular weight excluding hydrogens is 230 g/mol. The Morgan fingerprint density at radius 1 is 1.11 bits per heavy atom. The largest absolute Gasteiger partial charge is 0.457 e. The molecule has 0 atom stereocenters. The van der Waals surface area contributed by atoms with E-state index in [0.29, 0.717) is 17.1 Å². The van der Waals surface area contributed by atoms with Gasteiger partial charge in [-0.15, -0.1) is 0 Å². The molecule has 2 rings (SSSR count). The molecule has 4 heteroatoms. The highest BCUT2D eigenvalue weighted by atomic mass is 16.5. The van der Waals surface area contributed by atoms with Crippen molar-refractivity contribution in [2.75, 3.05) is 0 Å². The molecule has 2 aromatic rings. The van der Waals surface area contributed by atoms with Crippen LogP contribution in [0.5, 0.6) is 11.5 Å². The lowest BCUT2D eigenvalue weighted by molar-refractivity contribution is 0.0998. The van der Waals surface area contributed by atoms with Crippen LogP contribution < -0.4 is 10.5 Å². The molecule has 0 unspecified atom stereocenters. The number of aliphatic hydroxyl groups is 1. The molecule has 0 aliphatic rings. The van der Waals surface area contributed by atoms with Gasteiger partial charge in [0.05, 0.1) is 12.2 Å². The summed E-state index contributed by atoms with van der Waals surface area (Å²) in [5.74, 6) is 0.472. The zero-order valence-electron chi connectivity index (χ0n) is 9.67. The average molecular weight is 243 g/mol. The molecule has 0 bridgehead atoms. The van der Waals surface area contributed by atoms with Gasteiger partial charge in [0.1, 0.15) is 11.5 Å². The first-order valence-electron chi connectivity index (χ1n) is 5.47. The highest BCUT2D eigenvalue weighted by molar-refractivity contribution is 5.95. The SMILES string of the molecule is NC(=O)c1ccccc1Oc1ccc(CO)cc1. The summed E-state index contributed by atoms with van der Waals surface area (Å²) in [5.41, 5.74) is 6.40. The van der Waals surface area contributed by atoms with Gasteiger partial charge >= 0.3 is 0 Å².